The molecule has 3 aliphatic rings. The van der Waals surface area contributed by atoms with Crippen molar-refractivity contribution >= 4 is 29.5 Å². The van der Waals surface area contributed by atoms with Gasteiger partial charge in [0, 0.05) is 36.7 Å². The number of allylic oxidation sites excluding steroid dienone is 1. The summed E-state index contributed by atoms with van der Waals surface area (Å²) in [6.07, 6.45) is 14.2. The van der Waals surface area contributed by atoms with Crippen LogP contribution in [0.2, 0.25) is 0 Å². The zero-order valence-corrected chi connectivity index (χ0v) is 19.5. The van der Waals surface area contributed by atoms with Crippen molar-refractivity contribution in [2.45, 2.75) is 69.6 Å². The third-order valence-corrected chi connectivity index (χ3v) is 7.36. The number of rotatable bonds is 0. The predicted octanol–water partition coefficient (Wildman–Crippen LogP) is 4.52. The van der Waals surface area contributed by atoms with Gasteiger partial charge < -0.3 is 10.6 Å². The fourth-order valence-electron chi connectivity index (χ4n) is 5.41. The average molecular weight is 458 g/mol. The lowest BCUT2D eigenvalue weighted by molar-refractivity contribution is -0.121. The molecule has 2 aliphatic heterocycles. The Labute approximate surface area is 200 Å². The smallest absolute Gasteiger partial charge is 0.237 e. The second-order valence-corrected chi connectivity index (χ2v) is 9.77. The van der Waals surface area contributed by atoms with Gasteiger partial charge in [0.2, 0.25) is 11.8 Å². The van der Waals surface area contributed by atoms with Crippen molar-refractivity contribution < 1.29 is 14.4 Å². The highest BCUT2D eigenvalue weighted by atomic mass is 16.2. The van der Waals surface area contributed by atoms with Crippen LogP contribution < -0.4 is 10.6 Å². The highest BCUT2D eigenvalue weighted by Gasteiger charge is 2.51. The Morgan fingerprint density at radius 1 is 0.882 bits per heavy atom. The zero-order valence-electron chi connectivity index (χ0n) is 19.5. The monoisotopic (exact) mass is 457 g/mol. The molecule has 1 aliphatic carbocycles. The van der Waals surface area contributed by atoms with Crippen LogP contribution in [0.3, 0.4) is 0 Å². The number of carbonyl (C=O) groups is 3. The molecule has 1 unspecified atom stereocenters. The van der Waals surface area contributed by atoms with E-state index < -0.39 is 5.41 Å². The number of anilines is 1. The van der Waals surface area contributed by atoms with Gasteiger partial charge in [-0.05, 0) is 60.9 Å². The van der Waals surface area contributed by atoms with Crippen LogP contribution in [0.15, 0.2) is 36.5 Å². The van der Waals surface area contributed by atoms with Crippen molar-refractivity contribution in [1.82, 2.24) is 10.3 Å². The number of nitrogens with zero attached hydrogens (tertiary/aromatic N) is 1. The van der Waals surface area contributed by atoms with E-state index in [0.717, 1.165) is 60.8 Å². The molecule has 1 atom stereocenters. The predicted molar refractivity (Wildman–Crippen MR) is 132 cm³/mol. The summed E-state index contributed by atoms with van der Waals surface area (Å²) in [5.41, 5.74) is 4.02. The topological polar surface area (TPSA) is 88.2 Å². The maximum Gasteiger partial charge on any atom is 0.237 e. The minimum atomic E-state index is -0.674. The summed E-state index contributed by atoms with van der Waals surface area (Å²) in [5, 5.41) is 5.92. The fourth-order valence-corrected chi connectivity index (χ4v) is 5.41. The van der Waals surface area contributed by atoms with Crippen LogP contribution in [0.5, 0.6) is 0 Å². The van der Waals surface area contributed by atoms with Gasteiger partial charge in [0.1, 0.15) is 5.82 Å². The van der Waals surface area contributed by atoms with Gasteiger partial charge in [-0.15, -0.1) is 0 Å². The zero-order chi connectivity index (χ0) is 23.5. The molecule has 176 valence electrons. The Morgan fingerprint density at radius 3 is 2.62 bits per heavy atom. The Morgan fingerprint density at radius 2 is 1.71 bits per heavy atom. The summed E-state index contributed by atoms with van der Waals surface area (Å²) in [7, 11) is 0. The number of fused-ring (bicyclic) bond motifs is 2. The lowest BCUT2D eigenvalue weighted by Crippen LogP contribution is -2.35. The lowest BCUT2D eigenvalue weighted by atomic mass is 9.79. The Bertz CT molecular complexity index is 1170. The number of ketones is 1. The van der Waals surface area contributed by atoms with Crippen LogP contribution >= 0.6 is 0 Å². The standard InChI is InChI=1S/C28H31N3O3/c32-24-11-12-25(33)29-13-7-5-3-1-2-4-6-8-19-14-23-26(30-18-19)31-27(34)28(23)16-21-10-9-20(24)15-22(21)17-28/h6,8-10,14-15,18H,1-5,7,11-13,16-17H2,(H,29,33)(H,30,31,34). The van der Waals surface area contributed by atoms with Gasteiger partial charge in [0.05, 0.1) is 5.41 Å². The van der Waals surface area contributed by atoms with Gasteiger partial charge in [-0.1, -0.05) is 43.5 Å². The molecule has 0 fully saturated rings. The van der Waals surface area contributed by atoms with E-state index >= 15 is 0 Å². The average Bonchev–Trinajstić information content (AvgIpc) is 3.35. The van der Waals surface area contributed by atoms with Crippen LogP contribution in [0.1, 0.15) is 84.0 Å². The molecule has 1 aromatic heterocycles. The third kappa shape index (κ3) is 4.41. The van der Waals surface area contributed by atoms with Gasteiger partial charge in [-0.3, -0.25) is 14.4 Å². The molecular weight excluding hydrogens is 426 g/mol. The molecule has 1 spiro atoms. The normalized spacial score (nSPS) is 23.2. The van der Waals surface area contributed by atoms with Crippen LogP contribution in [-0.2, 0) is 27.8 Å². The van der Waals surface area contributed by atoms with E-state index in [1.807, 2.05) is 24.4 Å². The molecule has 0 saturated heterocycles. The van der Waals surface area contributed by atoms with Crippen LogP contribution in [0.4, 0.5) is 5.82 Å². The van der Waals surface area contributed by atoms with Crippen molar-refractivity contribution in [3.8, 4) is 0 Å². The van der Waals surface area contributed by atoms with E-state index in [-0.39, 0.29) is 30.4 Å². The summed E-state index contributed by atoms with van der Waals surface area (Å²) < 4.78 is 0. The molecule has 3 heterocycles. The minimum absolute atomic E-state index is 0.0219. The first kappa shape index (κ1) is 22.5. The fraction of sp³-hybridized carbons (Fsp3) is 0.429. The van der Waals surface area contributed by atoms with E-state index in [0.29, 0.717) is 30.8 Å². The van der Waals surface area contributed by atoms with Gasteiger partial charge in [-0.2, -0.15) is 0 Å². The first-order valence-corrected chi connectivity index (χ1v) is 12.5. The quantitative estimate of drug-likeness (QED) is 0.609. The van der Waals surface area contributed by atoms with Crippen molar-refractivity contribution in [2.24, 2.45) is 0 Å². The number of amides is 2. The van der Waals surface area contributed by atoms with Gasteiger partial charge in [0.15, 0.2) is 5.78 Å². The number of benzene rings is 1. The molecule has 6 nitrogen and oxygen atoms in total. The molecule has 1 aromatic carbocycles. The highest BCUT2D eigenvalue weighted by molar-refractivity contribution is 6.06. The molecule has 0 radical (unpaired) electrons. The number of nitrogens with one attached hydrogen (secondary N) is 2. The molecule has 2 aromatic rings. The molecule has 5 bridgehead atoms. The summed E-state index contributed by atoms with van der Waals surface area (Å²) in [5.74, 6) is 0.521. The maximum absolute atomic E-state index is 13.2. The Hall–Kier alpha value is -3.28. The van der Waals surface area contributed by atoms with Crippen LogP contribution in [-0.4, -0.2) is 29.1 Å². The van der Waals surface area contributed by atoms with E-state index in [9.17, 15) is 14.4 Å². The number of hydrogen-bond acceptors (Lipinski definition) is 4. The molecule has 34 heavy (non-hydrogen) atoms. The first-order chi connectivity index (χ1) is 16.5. The minimum Gasteiger partial charge on any atom is -0.356 e. The van der Waals surface area contributed by atoms with E-state index in [1.165, 1.54) is 0 Å². The number of Topliss-reactive ketones (excluding diaryl/α,β-unsaturated/α-hetero) is 1. The molecule has 2 N–H and O–H groups in total. The Balaban J connectivity index is 1.43. The number of carbonyl (C=O) groups excluding carboxylic acids is 3. The van der Waals surface area contributed by atoms with Gasteiger partial charge in [0.25, 0.3) is 0 Å². The molecule has 5 rings (SSSR count). The number of pyridine rings is 1. The van der Waals surface area contributed by atoms with Crippen molar-refractivity contribution in [3.05, 3.63) is 64.4 Å². The van der Waals surface area contributed by atoms with E-state index in [2.05, 4.69) is 33.8 Å². The van der Waals surface area contributed by atoms with Crippen LogP contribution in [0, 0.1) is 0 Å². The third-order valence-electron chi connectivity index (χ3n) is 7.36. The number of hydrogen-bond donors (Lipinski definition) is 2. The Kier molecular flexibility index (Phi) is 6.31. The summed E-state index contributed by atoms with van der Waals surface area (Å²) >= 11 is 0. The largest absolute Gasteiger partial charge is 0.356 e. The van der Waals surface area contributed by atoms with Crippen molar-refractivity contribution in [3.63, 3.8) is 0 Å². The molecule has 6 heteroatoms. The first-order valence-electron chi connectivity index (χ1n) is 12.5. The maximum atomic E-state index is 13.2. The second-order valence-electron chi connectivity index (χ2n) is 9.77. The summed E-state index contributed by atoms with van der Waals surface area (Å²) in [6.45, 7) is 0.668. The SMILES string of the molecule is O=C1CCC(=O)c2ccc3c(c2)CC2(C3)C(=O)Nc3ncc(cc32)C=CCCCCCCCN1. The number of aromatic nitrogens is 1. The molecule has 0 saturated carbocycles. The molecular formula is C28H31N3O3. The highest BCUT2D eigenvalue weighted by Crippen LogP contribution is 2.47. The lowest BCUT2D eigenvalue weighted by Gasteiger charge is -2.20. The van der Waals surface area contributed by atoms with Crippen molar-refractivity contribution in [1.29, 1.82) is 0 Å². The van der Waals surface area contributed by atoms with Crippen LogP contribution in [0.25, 0.3) is 6.08 Å². The summed E-state index contributed by atoms with van der Waals surface area (Å²) in [4.78, 5) is 42.6. The second kappa shape index (κ2) is 9.53. The molecule has 2 amide bonds. The van der Waals surface area contributed by atoms with Crippen molar-refractivity contribution in [2.75, 3.05) is 11.9 Å². The van der Waals surface area contributed by atoms with E-state index in [4.69, 9.17) is 0 Å². The van der Waals surface area contributed by atoms with Gasteiger partial charge in [-0.25, -0.2) is 4.98 Å². The van der Waals surface area contributed by atoms with Gasteiger partial charge >= 0.3 is 0 Å². The summed E-state index contributed by atoms with van der Waals surface area (Å²) in [6, 6.07) is 7.81. The van der Waals surface area contributed by atoms with E-state index in [1.54, 1.807) is 0 Å².